The first-order valence-electron chi connectivity index (χ1n) is 2.95. The number of hydrogen-bond acceptors (Lipinski definition) is 3. The molecule has 0 N–H and O–H groups in total. The zero-order valence-electron chi connectivity index (χ0n) is 6.46. The Morgan fingerprint density at radius 2 is 1.90 bits per heavy atom. The normalized spacial score (nSPS) is 11.2. The lowest BCUT2D eigenvalue weighted by molar-refractivity contribution is -0.113. The maximum Gasteiger partial charge on any atom is 0.176 e. The van der Waals surface area contributed by atoms with Crippen LogP contribution in [-0.2, 0) is 14.3 Å². The Balaban J connectivity index is 3.72. The molecule has 10 heavy (non-hydrogen) atoms. The van der Waals surface area contributed by atoms with E-state index >= 15 is 0 Å². The van der Waals surface area contributed by atoms with Crippen LogP contribution in [0.1, 0.15) is 6.92 Å². The minimum Gasteiger partial charge on any atom is -0.352 e. The van der Waals surface area contributed by atoms with Crippen molar-refractivity contribution in [1.29, 1.82) is 0 Å². The van der Waals surface area contributed by atoms with Gasteiger partial charge in [-0.1, -0.05) is 0 Å². The molecule has 0 fully saturated rings. The van der Waals surface area contributed by atoms with Gasteiger partial charge in [0.15, 0.2) is 12.1 Å². The Morgan fingerprint density at radius 1 is 1.40 bits per heavy atom. The minimum absolute atomic E-state index is 0.0147. The standard InChI is InChI=1S/C7H12O3/c1-6(8)4-5-7(9-2)10-3/h4-5,7H,1-3H3. The van der Waals surface area contributed by atoms with Crippen molar-refractivity contribution in [3.63, 3.8) is 0 Å². The third-order valence-corrected chi connectivity index (χ3v) is 0.953. The van der Waals surface area contributed by atoms with Crippen LogP contribution in [0.2, 0.25) is 0 Å². The highest BCUT2D eigenvalue weighted by Gasteiger charge is 1.96. The molecule has 58 valence electrons. The lowest BCUT2D eigenvalue weighted by atomic mass is 10.4. The summed E-state index contributed by atoms with van der Waals surface area (Å²) in [5.41, 5.74) is 0. The van der Waals surface area contributed by atoms with Crippen molar-refractivity contribution in [3.8, 4) is 0 Å². The average molecular weight is 144 g/mol. The Kier molecular flexibility index (Phi) is 4.80. The number of methoxy groups -OCH3 is 2. The van der Waals surface area contributed by atoms with Gasteiger partial charge in [-0.25, -0.2) is 0 Å². The van der Waals surface area contributed by atoms with E-state index in [4.69, 9.17) is 9.47 Å². The predicted molar refractivity (Wildman–Crippen MR) is 37.6 cm³/mol. The number of rotatable bonds is 4. The van der Waals surface area contributed by atoms with Crippen molar-refractivity contribution < 1.29 is 14.3 Å². The summed E-state index contributed by atoms with van der Waals surface area (Å²) in [4.78, 5) is 10.4. The van der Waals surface area contributed by atoms with Crippen LogP contribution in [0, 0.1) is 0 Å². The van der Waals surface area contributed by atoms with Crippen molar-refractivity contribution in [1.82, 2.24) is 0 Å². The summed E-state index contributed by atoms with van der Waals surface area (Å²) in [7, 11) is 3.03. The topological polar surface area (TPSA) is 35.5 Å². The molecule has 0 radical (unpaired) electrons. The number of carbonyl (C=O) groups excluding carboxylic acids is 1. The van der Waals surface area contributed by atoms with Crippen LogP contribution in [0.3, 0.4) is 0 Å². The molecule has 0 aliphatic rings. The SMILES string of the molecule is COC(C=CC(C)=O)OC. The van der Waals surface area contributed by atoms with Crippen LogP contribution in [0.25, 0.3) is 0 Å². The van der Waals surface area contributed by atoms with Gasteiger partial charge in [0.25, 0.3) is 0 Å². The van der Waals surface area contributed by atoms with Gasteiger partial charge in [0.1, 0.15) is 0 Å². The molecule has 3 nitrogen and oxygen atoms in total. The fourth-order valence-corrected chi connectivity index (χ4v) is 0.467. The number of carbonyl (C=O) groups is 1. The number of ether oxygens (including phenoxy) is 2. The molecule has 0 aromatic carbocycles. The van der Waals surface area contributed by atoms with E-state index in [1.165, 1.54) is 27.2 Å². The zero-order valence-corrected chi connectivity index (χ0v) is 6.46. The molecule has 0 saturated heterocycles. The third-order valence-electron chi connectivity index (χ3n) is 0.953. The van der Waals surface area contributed by atoms with E-state index in [1.807, 2.05) is 0 Å². The molecular formula is C7H12O3. The monoisotopic (exact) mass is 144 g/mol. The molecular weight excluding hydrogens is 132 g/mol. The van der Waals surface area contributed by atoms with Crippen LogP contribution >= 0.6 is 0 Å². The van der Waals surface area contributed by atoms with Crippen molar-refractivity contribution in [2.45, 2.75) is 13.2 Å². The largest absolute Gasteiger partial charge is 0.352 e. The zero-order chi connectivity index (χ0) is 7.98. The molecule has 0 aliphatic heterocycles. The molecule has 0 atom stereocenters. The highest BCUT2D eigenvalue weighted by atomic mass is 16.7. The molecule has 0 aliphatic carbocycles. The van der Waals surface area contributed by atoms with Gasteiger partial charge in [-0.05, 0) is 19.1 Å². The minimum atomic E-state index is -0.413. The smallest absolute Gasteiger partial charge is 0.176 e. The van der Waals surface area contributed by atoms with Gasteiger partial charge < -0.3 is 9.47 Å². The lowest BCUT2D eigenvalue weighted by Gasteiger charge is -2.06. The van der Waals surface area contributed by atoms with Gasteiger partial charge in [-0.2, -0.15) is 0 Å². The average Bonchev–Trinajstić information content (AvgIpc) is 1.90. The second-order valence-corrected chi connectivity index (χ2v) is 1.81. The van der Waals surface area contributed by atoms with E-state index in [-0.39, 0.29) is 5.78 Å². The lowest BCUT2D eigenvalue weighted by Crippen LogP contribution is -2.09. The van der Waals surface area contributed by atoms with E-state index < -0.39 is 6.29 Å². The highest BCUT2D eigenvalue weighted by Crippen LogP contribution is 1.92. The summed E-state index contributed by atoms with van der Waals surface area (Å²) in [6, 6.07) is 0. The van der Waals surface area contributed by atoms with E-state index in [2.05, 4.69) is 0 Å². The maximum absolute atomic E-state index is 10.4. The Hall–Kier alpha value is -0.670. The molecule has 0 heterocycles. The summed E-state index contributed by atoms with van der Waals surface area (Å²) < 4.78 is 9.58. The second kappa shape index (κ2) is 5.14. The quantitative estimate of drug-likeness (QED) is 0.431. The molecule has 0 rings (SSSR count). The van der Waals surface area contributed by atoms with Gasteiger partial charge >= 0.3 is 0 Å². The van der Waals surface area contributed by atoms with Gasteiger partial charge in [-0.3, -0.25) is 4.79 Å². The van der Waals surface area contributed by atoms with Crippen molar-refractivity contribution in [2.24, 2.45) is 0 Å². The van der Waals surface area contributed by atoms with E-state index in [0.717, 1.165) is 0 Å². The van der Waals surface area contributed by atoms with Crippen LogP contribution in [0.4, 0.5) is 0 Å². The molecule has 3 heteroatoms. The van der Waals surface area contributed by atoms with Crippen LogP contribution in [0.5, 0.6) is 0 Å². The van der Waals surface area contributed by atoms with Crippen molar-refractivity contribution in [3.05, 3.63) is 12.2 Å². The Bertz CT molecular complexity index is 125. The third kappa shape index (κ3) is 4.23. The molecule has 0 spiro atoms. The number of ketones is 1. The Morgan fingerprint density at radius 3 is 2.20 bits per heavy atom. The molecule has 0 amide bonds. The van der Waals surface area contributed by atoms with Crippen molar-refractivity contribution >= 4 is 5.78 Å². The van der Waals surface area contributed by atoms with Gasteiger partial charge in [-0.15, -0.1) is 0 Å². The fourth-order valence-electron chi connectivity index (χ4n) is 0.467. The number of hydrogen-bond donors (Lipinski definition) is 0. The van der Waals surface area contributed by atoms with Crippen LogP contribution in [0.15, 0.2) is 12.2 Å². The first kappa shape index (κ1) is 9.33. The Labute approximate surface area is 60.6 Å². The van der Waals surface area contributed by atoms with Crippen LogP contribution in [-0.4, -0.2) is 26.3 Å². The molecule has 0 aromatic rings. The van der Waals surface area contributed by atoms with Crippen molar-refractivity contribution in [2.75, 3.05) is 14.2 Å². The number of allylic oxidation sites excluding steroid dienone is 1. The first-order chi connectivity index (χ1) is 4.70. The molecule has 0 saturated carbocycles. The molecule has 0 unspecified atom stereocenters. The molecule has 0 bridgehead atoms. The summed E-state index contributed by atoms with van der Waals surface area (Å²) in [5, 5.41) is 0. The van der Waals surface area contributed by atoms with Crippen LogP contribution < -0.4 is 0 Å². The maximum atomic E-state index is 10.4. The molecule has 0 aromatic heterocycles. The summed E-state index contributed by atoms with van der Waals surface area (Å²) in [6.45, 7) is 1.47. The summed E-state index contributed by atoms with van der Waals surface area (Å²) in [5.74, 6) is -0.0147. The predicted octanol–water partition coefficient (Wildman–Crippen LogP) is 0.751. The van der Waals surface area contributed by atoms with E-state index in [9.17, 15) is 4.79 Å². The highest BCUT2D eigenvalue weighted by molar-refractivity contribution is 5.87. The van der Waals surface area contributed by atoms with Gasteiger partial charge in [0.05, 0.1) is 0 Å². The first-order valence-corrected chi connectivity index (χ1v) is 2.95. The summed E-state index contributed by atoms with van der Waals surface area (Å²) in [6.07, 6.45) is 2.56. The van der Waals surface area contributed by atoms with Gasteiger partial charge in [0.2, 0.25) is 0 Å². The van der Waals surface area contributed by atoms with E-state index in [0.29, 0.717) is 0 Å². The van der Waals surface area contributed by atoms with Gasteiger partial charge in [0, 0.05) is 14.2 Å². The fraction of sp³-hybridized carbons (Fsp3) is 0.571. The second-order valence-electron chi connectivity index (χ2n) is 1.81. The summed E-state index contributed by atoms with van der Waals surface area (Å²) >= 11 is 0. The van der Waals surface area contributed by atoms with E-state index in [1.54, 1.807) is 6.08 Å².